The fourth-order valence-corrected chi connectivity index (χ4v) is 2.66. The van der Waals surface area contributed by atoms with E-state index in [1.165, 1.54) is 4.88 Å². The quantitative estimate of drug-likeness (QED) is 0.867. The van der Waals surface area contributed by atoms with E-state index in [-0.39, 0.29) is 6.04 Å². The van der Waals surface area contributed by atoms with E-state index in [1.807, 2.05) is 12.1 Å². The molecule has 2 N–H and O–H groups in total. The highest BCUT2D eigenvalue weighted by molar-refractivity contribution is 7.10. The highest BCUT2D eigenvalue weighted by Crippen LogP contribution is 2.24. The zero-order valence-corrected chi connectivity index (χ0v) is 10.1. The maximum absolute atomic E-state index is 5.83. The lowest BCUT2D eigenvalue weighted by Crippen LogP contribution is -2.29. The van der Waals surface area contributed by atoms with Crippen molar-refractivity contribution in [1.29, 1.82) is 0 Å². The van der Waals surface area contributed by atoms with Gasteiger partial charge in [-0.2, -0.15) is 0 Å². The summed E-state index contributed by atoms with van der Waals surface area (Å²) in [6.07, 6.45) is 1.70. The second-order valence-electron chi connectivity index (χ2n) is 3.76. The van der Waals surface area contributed by atoms with Crippen molar-refractivity contribution in [3.63, 3.8) is 0 Å². The Balaban J connectivity index is 2.04. The summed E-state index contributed by atoms with van der Waals surface area (Å²) >= 11 is 1.74. The van der Waals surface area contributed by atoms with Crippen LogP contribution in [0.25, 0.3) is 0 Å². The summed E-state index contributed by atoms with van der Waals surface area (Å²) in [4.78, 5) is 3.52. The van der Waals surface area contributed by atoms with Gasteiger partial charge in [-0.05, 0) is 30.6 Å². The predicted molar refractivity (Wildman–Crippen MR) is 66.3 cm³/mol. The molecule has 0 aliphatic carbocycles. The van der Waals surface area contributed by atoms with Crippen LogP contribution >= 0.6 is 11.3 Å². The van der Waals surface area contributed by atoms with Crippen molar-refractivity contribution < 1.29 is 4.42 Å². The number of thiophene rings is 1. The topological polar surface area (TPSA) is 42.4 Å². The molecule has 1 unspecified atom stereocenters. The molecular formula is C12H16N2OS. The second-order valence-corrected chi connectivity index (χ2v) is 4.74. The zero-order chi connectivity index (χ0) is 11.4. The van der Waals surface area contributed by atoms with Gasteiger partial charge in [0, 0.05) is 11.4 Å². The van der Waals surface area contributed by atoms with Crippen molar-refractivity contribution in [1.82, 2.24) is 4.90 Å². The molecule has 2 rings (SSSR count). The maximum atomic E-state index is 5.83. The van der Waals surface area contributed by atoms with Crippen molar-refractivity contribution in [3.8, 4) is 0 Å². The van der Waals surface area contributed by atoms with Crippen LogP contribution in [0.4, 0.5) is 0 Å². The molecule has 3 nitrogen and oxygen atoms in total. The first-order chi connectivity index (χ1) is 7.81. The van der Waals surface area contributed by atoms with E-state index < -0.39 is 0 Å². The Bertz CT molecular complexity index is 397. The maximum Gasteiger partial charge on any atom is 0.117 e. The van der Waals surface area contributed by atoms with Gasteiger partial charge in [0.25, 0.3) is 0 Å². The molecule has 0 saturated carbocycles. The molecule has 1 atom stereocenters. The summed E-state index contributed by atoms with van der Waals surface area (Å²) < 4.78 is 5.34. The van der Waals surface area contributed by atoms with Gasteiger partial charge in [-0.3, -0.25) is 4.90 Å². The molecule has 0 aliphatic rings. The van der Waals surface area contributed by atoms with E-state index >= 15 is 0 Å². The van der Waals surface area contributed by atoms with Crippen LogP contribution in [0.5, 0.6) is 0 Å². The summed E-state index contributed by atoms with van der Waals surface area (Å²) in [5.74, 6) is 0.970. The van der Waals surface area contributed by atoms with Gasteiger partial charge in [0.05, 0.1) is 18.8 Å². The minimum atomic E-state index is 0.269. The third-order valence-corrected chi connectivity index (χ3v) is 3.59. The minimum Gasteiger partial charge on any atom is -0.468 e. The van der Waals surface area contributed by atoms with E-state index in [4.69, 9.17) is 10.2 Å². The Hall–Kier alpha value is -1.10. The fourth-order valence-electron chi connectivity index (χ4n) is 1.75. The number of rotatable bonds is 5. The van der Waals surface area contributed by atoms with Gasteiger partial charge in [-0.1, -0.05) is 6.07 Å². The molecule has 2 heterocycles. The Morgan fingerprint density at radius 1 is 1.44 bits per heavy atom. The van der Waals surface area contributed by atoms with Gasteiger partial charge >= 0.3 is 0 Å². The van der Waals surface area contributed by atoms with E-state index in [0.717, 1.165) is 12.3 Å². The van der Waals surface area contributed by atoms with Crippen molar-refractivity contribution in [2.24, 2.45) is 5.73 Å². The lowest BCUT2D eigenvalue weighted by molar-refractivity contribution is 0.226. The van der Waals surface area contributed by atoms with Gasteiger partial charge in [0.15, 0.2) is 0 Å². The average molecular weight is 236 g/mol. The van der Waals surface area contributed by atoms with Crippen LogP contribution in [0.1, 0.15) is 16.7 Å². The van der Waals surface area contributed by atoms with Crippen LogP contribution < -0.4 is 5.73 Å². The first-order valence-corrected chi connectivity index (χ1v) is 6.15. The molecule has 0 saturated heterocycles. The van der Waals surface area contributed by atoms with Gasteiger partial charge in [0.1, 0.15) is 5.76 Å². The fraction of sp³-hybridized carbons (Fsp3) is 0.333. The van der Waals surface area contributed by atoms with Gasteiger partial charge in [0.2, 0.25) is 0 Å². The van der Waals surface area contributed by atoms with Crippen LogP contribution in [0.15, 0.2) is 40.3 Å². The van der Waals surface area contributed by atoms with Crippen molar-refractivity contribution in [2.75, 3.05) is 13.6 Å². The first-order valence-electron chi connectivity index (χ1n) is 5.27. The number of hydrogen-bond donors (Lipinski definition) is 1. The highest BCUT2D eigenvalue weighted by Gasteiger charge is 2.17. The van der Waals surface area contributed by atoms with Gasteiger partial charge in [-0.25, -0.2) is 0 Å². The van der Waals surface area contributed by atoms with E-state index in [2.05, 4.69) is 29.5 Å². The number of nitrogens with two attached hydrogens (primary N) is 1. The molecule has 0 aromatic carbocycles. The Morgan fingerprint density at radius 2 is 2.31 bits per heavy atom. The van der Waals surface area contributed by atoms with Crippen LogP contribution in [0.3, 0.4) is 0 Å². The first kappa shape index (κ1) is 11.4. The molecule has 0 fully saturated rings. The molecular weight excluding hydrogens is 220 g/mol. The van der Waals surface area contributed by atoms with E-state index in [0.29, 0.717) is 6.54 Å². The number of likely N-dealkylation sites (N-methyl/N-ethyl adjacent to an activating group) is 1. The lowest BCUT2D eigenvalue weighted by atomic mass is 10.2. The third kappa shape index (κ3) is 2.52. The molecule has 0 bridgehead atoms. The monoisotopic (exact) mass is 236 g/mol. The molecule has 86 valence electrons. The molecule has 0 aliphatic heterocycles. The summed E-state index contributed by atoms with van der Waals surface area (Å²) in [5.41, 5.74) is 5.83. The van der Waals surface area contributed by atoms with Crippen LogP contribution in [-0.4, -0.2) is 18.5 Å². The highest BCUT2D eigenvalue weighted by atomic mass is 32.1. The zero-order valence-electron chi connectivity index (χ0n) is 9.30. The average Bonchev–Trinajstić information content (AvgIpc) is 2.91. The summed E-state index contributed by atoms with van der Waals surface area (Å²) in [7, 11) is 2.07. The van der Waals surface area contributed by atoms with Crippen LogP contribution in [0.2, 0.25) is 0 Å². The lowest BCUT2D eigenvalue weighted by Gasteiger charge is -2.25. The summed E-state index contributed by atoms with van der Waals surface area (Å²) in [5, 5.41) is 2.08. The molecule has 4 heteroatoms. The third-order valence-electron chi connectivity index (χ3n) is 2.61. The van der Waals surface area contributed by atoms with Crippen LogP contribution in [0, 0.1) is 0 Å². The number of nitrogens with zero attached hydrogens (tertiary/aromatic N) is 1. The smallest absolute Gasteiger partial charge is 0.117 e. The van der Waals surface area contributed by atoms with Crippen molar-refractivity contribution in [3.05, 3.63) is 46.5 Å². The van der Waals surface area contributed by atoms with Gasteiger partial charge in [-0.15, -0.1) is 11.3 Å². The van der Waals surface area contributed by atoms with E-state index in [9.17, 15) is 0 Å². The second kappa shape index (κ2) is 5.30. The molecule has 0 spiro atoms. The summed E-state index contributed by atoms with van der Waals surface area (Å²) in [6.45, 7) is 1.41. The Morgan fingerprint density at radius 3 is 2.88 bits per heavy atom. The van der Waals surface area contributed by atoms with Crippen LogP contribution in [-0.2, 0) is 6.54 Å². The Labute approximate surface area is 99.5 Å². The molecule has 0 amide bonds. The largest absolute Gasteiger partial charge is 0.468 e. The predicted octanol–water partition coefficient (Wildman–Crippen LogP) is 2.47. The molecule has 2 aromatic heterocycles. The standard InChI is InChI=1S/C12H16N2OS/c1-14(9-10-4-2-6-15-10)11(8-13)12-5-3-7-16-12/h2-7,11H,8-9,13H2,1H3. The normalized spacial score (nSPS) is 13.2. The molecule has 0 radical (unpaired) electrons. The SMILES string of the molecule is CN(Cc1ccco1)C(CN)c1cccs1. The van der Waals surface area contributed by atoms with Crippen molar-refractivity contribution >= 4 is 11.3 Å². The number of furan rings is 1. The van der Waals surface area contributed by atoms with E-state index in [1.54, 1.807) is 17.6 Å². The Kier molecular flexibility index (Phi) is 3.77. The van der Waals surface area contributed by atoms with Crippen molar-refractivity contribution in [2.45, 2.75) is 12.6 Å². The molecule has 2 aromatic rings. The minimum absolute atomic E-state index is 0.269. The number of hydrogen-bond acceptors (Lipinski definition) is 4. The molecule has 16 heavy (non-hydrogen) atoms. The van der Waals surface area contributed by atoms with Gasteiger partial charge < -0.3 is 10.2 Å². The summed E-state index contributed by atoms with van der Waals surface area (Å²) in [6, 6.07) is 8.35.